The number of hydrogen-bond acceptors (Lipinski definition) is 2. The van der Waals surface area contributed by atoms with Gasteiger partial charge in [-0.05, 0) is 45.3 Å². The van der Waals surface area contributed by atoms with Crippen molar-refractivity contribution in [1.29, 1.82) is 0 Å². The maximum Gasteiger partial charge on any atom is 0.222 e. The Morgan fingerprint density at radius 3 is 2.43 bits per heavy atom. The zero-order valence-corrected chi connectivity index (χ0v) is 8.87. The Kier molecular flexibility index (Phi) is 3.40. The van der Waals surface area contributed by atoms with Crippen LogP contribution in [-0.2, 0) is 4.79 Å². The van der Waals surface area contributed by atoms with Gasteiger partial charge < -0.3 is 9.80 Å². The first-order chi connectivity index (χ1) is 6.86. The molecule has 0 aromatic rings. The van der Waals surface area contributed by atoms with Gasteiger partial charge in [-0.2, -0.15) is 0 Å². The molecule has 0 bridgehead atoms. The molecule has 0 spiro atoms. The Morgan fingerprint density at radius 2 is 1.79 bits per heavy atom. The molecule has 80 valence electrons. The molecule has 0 aromatic heterocycles. The van der Waals surface area contributed by atoms with Gasteiger partial charge in [0.05, 0.1) is 0 Å². The van der Waals surface area contributed by atoms with Gasteiger partial charge in [-0.15, -0.1) is 0 Å². The maximum absolute atomic E-state index is 11.3. The highest BCUT2D eigenvalue weighted by Crippen LogP contribution is 2.11. The van der Waals surface area contributed by atoms with Crippen molar-refractivity contribution in [3.05, 3.63) is 0 Å². The third-order valence-corrected chi connectivity index (χ3v) is 3.27. The minimum absolute atomic E-state index is 0.367. The molecule has 2 saturated heterocycles. The lowest BCUT2D eigenvalue weighted by Gasteiger charge is -2.18. The number of carbonyl (C=O) groups excluding carboxylic acids is 1. The maximum atomic E-state index is 11.3. The van der Waals surface area contributed by atoms with Gasteiger partial charge in [-0.25, -0.2) is 0 Å². The highest BCUT2D eigenvalue weighted by molar-refractivity contribution is 5.77. The van der Waals surface area contributed by atoms with Crippen LogP contribution in [0.25, 0.3) is 0 Å². The van der Waals surface area contributed by atoms with Crippen LogP contribution in [0.1, 0.15) is 32.1 Å². The summed E-state index contributed by atoms with van der Waals surface area (Å²) >= 11 is 0. The summed E-state index contributed by atoms with van der Waals surface area (Å²) in [6.07, 6.45) is 5.74. The van der Waals surface area contributed by atoms with Gasteiger partial charge in [-0.1, -0.05) is 0 Å². The Labute approximate surface area is 86.1 Å². The fraction of sp³-hybridized carbons (Fsp3) is 0.909. The number of likely N-dealkylation sites (tertiary alicyclic amines) is 2. The van der Waals surface area contributed by atoms with Crippen molar-refractivity contribution in [2.24, 2.45) is 0 Å². The molecule has 2 heterocycles. The van der Waals surface area contributed by atoms with Crippen molar-refractivity contribution in [1.82, 2.24) is 9.80 Å². The summed E-state index contributed by atoms with van der Waals surface area (Å²) in [5.74, 6) is 0.367. The van der Waals surface area contributed by atoms with Crippen molar-refractivity contribution in [3.63, 3.8) is 0 Å². The smallest absolute Gasteiger partial charge is 0.222 e. The standard InChI is InChI=1S/C11H20N2O/c14-11-5-3-9-13(11)10-4-8-12-6-1-2-7-12/h1-10H2. The first kappa shape index (κ1) is 9.97. The van der Waals surface area contributed by atoms with Gasteiger partial charge in [0.15, 0.2) is 0 Å². The highest BCUT2D eigenvalue weighted by atomic mass is 16.2. The zero-order chi connectivity index (χ0) is 9.80. The van der Waals surface area contributed by atoms with E-state index in [9.17, 15) is 4.79 Å². The molecule has 0 aliphatic carbocycles. The molecule has 1 amide bonds. The molecule has 2 fully saturated rings. The van der Waals surface area contributed by atoms with Crippen molar-refractivity contribution in [3.8, 4) is 0 Å². The topological polar surface area (TPSA) is 23.6 Å². The molecule has 0 saturated carbocycles. The average molecular weight is 196 g/mol. The van der Waals surface area contributed by atoms with Crippen molar-refractivity contribution in [2.45, 2.75) is 32.1 Å². The van der Waals surface area contributed by atoms with E-state index in [0.29, 0.717) is 5.91 Å². The van der Waals surface area contributed by atoms with E-state index < -0.39 is 0 Å². The predicted octanol–water partition coefficient (Wildman–Crippen LogP) is 1.09. The van der Waals surface area contributed by atoms with Crippen LogP contribution >= 0.6 is 0 Å². The van der Waals surface area contributed by atoms with Crippen molar-refractivity contribution < 1.29 is 4.79 Å². The van der Waals surface area contributed by atoms with E-state index in [0.717, 1.165) is 32.4 Å². The molecule has 3 heteroatoms. The minimum Gasteiger partial charge on any atom is -0.343 e. The molecule has 0 N–H and O–H groups in total. The molecule has 0 atom stereocenters. The summed E-state index contributed by atoms with van der Waals surface area (Å²) in [6.45, 7) is 5.71. The van der Waals surface area contributed by atoms with Crippen LogP contribution in [0.2, 0.25) is 0 Å². The molecule has 0 aromatic carbocycles. The predicted molar refractivity (Wildman–Crippen MR) is 56.1 cm³/mol. The van der Waals surface area contributed by atoms with Gasteiger partial charge in [0.1, 0.15) is 0 Å². The van der Waals surface area contributed by atoms with Crippen LogP contribution < -0.4 is 0 Å². The van der Waals surface area contributed by atoms with E-state index in [4.69, 9.17) is 0 Å². The summed E-state index contributed by atoms with van der Waals surface area (Å²) in [6, 6.07) is 0. The van der Waals surface area contributed by atoms with Crippen molar-refractivity contribution >= 4 is 5.91 Å². The van der Waals surface area contributed by atoms with Crippen LogP contribution in [0, 0.1) is 0 Å². The lowest BCUT2D eigenvalue weighted by Crippen LogP contribution is -2.29. The first-order valence-electron chi connectivity index (χ1n) is 5.86. The summed E-state index contributed by atoms with van der Waals surface area (Å²) < 4.78 is 0. The molecule has 2 aliphatic heterocycles. The van der Waals surface area contributed by atoms with Gasteiger partial charge in [0, 0.05) is 19.5 Å². The van der Waals surface area contributed by atoms with Crippen LogP contribution in [0.15, 0.2) is 0 Å². The molecule has 0 radical (unpaired) electrons. The Morgan fingerprint density at radius 1 is 1.00 bits per heavy atom. The van der Waals surface area contributed by atoms with E-state index >= 15 is 0 Å². The second-order valence-electron chi connectivity index (χ2n) is 4.39. The number of nitrogens with zero attached hydrogens (tertiary/aromatic N) is 2. The van der Waals surface area contributed by atoms with Crippen molar-refractivity contribution in [2.75, 3.05) is 32.7 Å². The summed E-state index contributed by atoms with van der Waals surface area (Å²) in [7, 11) is 0. The first-order valence-corrected chi connectivity index (χ1v) is 5.86. The van der Waals surface area contributed by atoms with Gasteiger partial charge >= 0.3 is 0 Å². The fourth-order valence-corrected chi connectivity index (χ4v) is 2.43. The molecular weight excluding hydrogens is 176 g/mol. The molecular formula is C11H20N2O. The largest absolute Gasteiger partial charge is 0.343 e. The Balaban J connectivity index is 1.60. The number of rotatable bonds is 4. The van der Waals surface area contributed by atoms with E-state index in [1.54, 1.807) is 0 Å². The normalized spacial score (nSPS) is 23.7. The summed E-state index contributed by atoms with van der Waals surface area (Å²) in [4.78, 5) is 15.9. The van der Waals surface area contributed by atoms with Crippen LogP contribution in [-0.4, -0.2) is 48.4 Å². The van der Waals surface area contributed by atoms with E-state index in [2.05, 4.69) is 4.90 Å². The monoisotopic (exact) mass is 196 g/mol. The van der Waals surface area contributed by atoms with E-state index in [1.165, 1.54) is 32.5 Å². The minimum atomic E-state index is 0.367. The molecule has 2 aliphatic rings. The summed E-state index contributed by atoms with van der Waals surface area (Å²) in [5, 5.41) is 0. The number of carbonyl (C=O) groups is 1. The quantitative estimate of drug-likeness (QED) is 0.672. The number of hydrogen-bond donors (Lipinski definition) is 0. The highest BCUT2D eigenvalue weighted by Gasteiger charge is 2.19. The molecule has 3 nitrogen and oxygen atoms in total. The Hall–Kier alpha value is -0.570. The SMILES string of the molecule is O=C1CCCN1CCCN1CCCC1. The van der Waals surface area contributed by atoms with Crippen LogP contribution in [0.5, 0.6) is 0 Å². The van der Waals surface area contributed by atoms with Crippen LogP contribution in [0.3, 0.4) is 0 Å². The van der Waals surface area contributed by atoms with E-state index in [1.807, 2.05) is 4.90 Å². The molecule has 0 unspecified atom stereocenters. The second-order valence-corrected chi connectivity index (χ2v) is 4.39. The molecule has 2 rings (SSSR count). The van der Waals surface area contributed by atoms with E-state index in [-0.39, 0.29) is 0 Å². The summed E-state index contributed by atoms with van der Waals surface area (Å²) in [5.41, 5.74) is 0. The lowest BCUT2D eigenvalue weighted by molar-refractivity contribution is -0.127. The Bertz CT molecular complexity index is 199. The molecule has 14 heavy (non-hydrogen) atoms. The third kappa shape index (κ3) is 2.47. The van der Waals surface area contributed by atoms with Crippen LogP contribution in [0.4, 0.5) is 0 Å². The lowest BCUT2D eigenvalue weighted by atomic mass is 10.3. The second kappa shape index (κ2) is 4.78. The van der Waals surface area contributed by atoms with Gasteiger partial charge in [-0.3, -0.25) is 4.79 Å². The fourth-order valence-electron chi connectivity index (χ4n) is 2.43. The average Bonchev–Trinajstić information content (AvgIpc) is 2.78. The zero-order valence-electron chi connectivity index (χ0n) is 8.87. The van der Waals surface area contributed by atoms with Gasteiger partial charge in [0.2, 0.25) is 5.91 Å². The third-order valence-electron chi connectivity index (χ3n) is 3.27. The number of amides is 1. The van der Waals surface area contributed by atoms with Gasteiger partial charge in [0.25, 0.3) is 0 Å².